The van der Waals surface area contributed by atoms with E-state index >= 15 is 0 Å². The standard InChI is InChI=1S/C23H30FN3O3S/c1-4-16(3)27(23(29)25-5-2)14-22(28)26-12-10-21-17(11-13-31-21)19(26)15-30-20-9-7-6-8-18(20)24/h6-9,11,13,16,19H,4-5,10,12,14-15H2,1-3H3,(H,25,29). The van der Waals surface area contributed by atoms with E-state index in [1.807, 2.05) is 32.2 Å². The van der Waals surface area contributed by atoms with Gasteiger partial charge in [-0.1, -0.05) is 19.1 Å². The van der Waals surface area contributed by atoms with Crippen molar-refractivity contribution in [3.8, 4) is 5.75 Å². The number of nitrogens with one attached hydrogen (secondary N) is 1. The number of thiophene rings is 1. The number of rotatable bonds is 8. The average Bonchev–Trinajstić information content (AvgIpc) is 3.25. The molecular weight excluding hydrogens is 417 g/mol. The van der Waals surface area contributed by atoms with Gasteiger partial charge in [0.05, 0.1) is 6.04 Å². The molecule has 3 rings (SSSR count). The monoisotopic (exact) mass is 447 g/mol. The molecule has 0 fully saturated rings. The number of carbonyl (C=O) groups is 2. The van der Waals surface area contributed by atoms with Crippen molar-refractivity contribution in [3.63, 3.8) is 0 Å². The zero-order valence-corrected chi connectivity index (χ0v) is 19.1. The van der Waals surface area contributed by atoms with Crippen molar-refractivity contribution in [1.82, 2.24) is 15.1 Å². The van der Waals surface area contributed by atoms with Gasteiger partial charge in [-0.3, -0.25) is 4.79 Å². The summed E-state index contributed by atoms with van der Waals surface area (Å²) in [7, 11) is 0. The summed E-state index contributed by atoms with van der Waals surface area (Å²) in [6, 6.07) is 7.64. The van der Waals surface area contributed by atoms with Crippen LogP contribution in [0.25, 0.3) is 0 Å². The molecule has 1 aromatic heterocycles. The Balaban J connectivity index is 1.79. The van der Waals surface area contributed by atoms with Gasteiger partial charge in [0, 0.05) is 24.0 Å². The van der Waals surface area contributed by atoms with Crippen molar-refractivity contribution in [2.75, 3.05) is 26.2 Å². The number of benzene rings is 1. The number of halogens is 1. The van der Waals surface area contributed by atoms with Crippen molar-refractivity contribution in [2.24, 2.45) is 0 Å². The maximum Gasteiger partial charge on any atom is 0.318 e. The largest absolute Gasteiger partial charge is 0.488 e. The van der Waals surface area contributed by atoms with Gasteiger partial charge in [0.1, 0.15) is 13.2 Å². The van der Waals surface area contributed by atoms with Crippen molar-refractivity contribution < 1.29 is 18.7 Å². The number of hydrogen-bond acceptors (Lipinski definition) is 4. The topological polar surface area (TPSA) is 61.9 Å². The quantitative estimate of drug-likeness (QED) is 0.659. The molecule has 1 aliphatic heterocycles. The van der Waals surface area contributed by atoms with Crippen LogP contribution in [0.1, 0.15) is 43.7 Å². The minimum Gasteiger partial charge on any atom is -0.488 e. The molecule has 8 heteroatoms. The molecule has 2 atom stereocenters. The molecule has 0 radical (unpaired) electrons. The third-order valence-corrected chi connectivity index (χ3v) is 6.66. The predicted octanol–water partition coefficient (Wildman–Crippen LogP) is 4.22. The number of fused-ring (bicyclic) bond motifs is 1. The highest BCUT2D eigenvalue weighted by Gasteiger charge is 2.34. The van der Waals surface area contributed by atoms with E-state index in [4.69, 9.17) is 4.74 Å². The number of carbonyl (C=O) groups excluding carboxylic acids is 2. The fourth-order valence-electron chi connectivity index (χ4n) is 3.74. The Morgan fingerprint density at radius 2 is 2.10 bits per heavy atom. The molecular formula is C23H30FN3O3S. The molecule has 0 aliphatic carbocycles. The van der Waals surface area contributed by atoms with Crippen LogP contribution in [0.3, 0.4) is 0 Å². The number of hydrogen-bond donors (Lipinski definition) is 1. The first-order valence-electron chi connectivity index (χ1n) is 10.7. The number of nitrogens with zero attached hydrogens (tertiary/aromatic N) is 2. The molecule has 0 bridgehead atoms. The molecule has 0 saturated carbocycles. The van der Waals surface area contributed by atoms with Crippen LogP contribution < -0.4 is 10.1 Å². The summed E-state index contributed by atoms with van der Waals surface area (Å²) in [5.41, 5.74) is 1.04. The van der Waals surface area contributed by atoms with Gasteiger partial charge in [-0.25, -0.2) is 9.18 Å². The van der Waals surface area contributed by atoms with E-state index in [0.29, 0.717) is 13.1 Å². The minimum absolute atomic E-state index is 0.00346. The maximum absolute atomic E-state index is 14.0. The van der Waals surface area contributed by atoms with Crippen LogP contribution in [0.5, 0.6) is 5.75 Å². The third-order valence-electron chi connectivity index (χ3n) is 5.67. The van der Waals surface area contributed by atoms with Gasteiger partial charge in [-0.2, -0.15) is 0 Å². The van der Waals surface area contributed by atoms with Gasteiger partial charge < -0.3 is 19.9 Å². The lowest BCUT2D eigenvalue weighted by Gasteiger charge is -2.38. The van der Waals surface area contributed by atoms with Crippen LogP contribution in [-0.2, 0) is 11.2 Å². The van der Waals surface area contributed by atoms with E-state index in [1.165, 1.54) is 10.9 Å². The Labute approximate surface area is 187 Å². The normalized spacial score (nSPS) is 16.4. The van der Waals surface area contributed by atoms with E-state index in [9.17, 15) is 14.0 Å². The summed E-state index contributed by atoms with van der Waals surface area (Å²) in [5, 5.41) is 4.81. The van der Waals surface area contributed by atoms with Gasteiger partial charge >= 0.3 is 6.03 Å². The van der Waals surface area contributed by atoms with Gasteiger partial charge in [0.25, 0.3) is 0 Å². The van der Waals surface area contributed by atoms with Gasteiger partial charge in [-0.05, 0) is 55.8 Å². The molecule has 31 heavy (non-hydrogen) atoms. The molecule has 1 aliphatic rings. The lowest BCUT2D eigenvalue weighted by molar-refractivity contribution is -0.136. The second kappa shape index (κ2) is 10.6. The second-order valence-corrected chi connectivity index (χ2v) is 8.61. The van der Waals surface area contributed by atoms with Crippen molar-refractivity contribution in [3.05, 3.63) is 52.0 Å². The molecule has 2 unspecified atom stereocenters. The van der Waals surface area contributed by atoms with E-state index in [0.717, 1.165) is 18.4 Å². The Bertz CT molecular complexity index is 904. The highest BCUT2D eigenvalue weighted by Crippen LogP contribution is 2.34. The van der Waals surface area contributed by atoms with Crippen LogP contribution in [0.4, 0.5) is 9.18 Å². The lowest BCUT2D eigenvalue weighted by Crippen LogP contribution is -2.52. The molecule has 0 saturated heterocycles. The highest BCUT2D eigenvalue weighted by atomic mass is 32.1. The fraction of sp³-hybridized carbons (Fsp3) is 0.478. The van der Waals surface area contributed by atoms with Crippen molar-refractivity contribution in [2.45, 2.75) is 45.7 Å². The van der Waals surface area contributed by atoms with Crippen molar-refractivity contribution >= 4 is 23.3 Å². The second-order valence-electron chi connectivity index (χ2n) is 7.61. The Kier molecular flexibility index (Phi) is 7.90. The Morgan fingerprint density at radius 3 is 2.81 bits per heavy atom. The first kappa shape index (κ1) is 23.1. The van der Waals surface area contributed by atoms with E-state index in [-0.39, 0.29) is 42.9 Å². The number of urea groups is 1. The molecule has 6 nitrogen and oxygen atoms in total. The summed E-state index contributed by atoms with van der Waals surface area (Å²) in [4.78, 5) is 30.4. The lowest BCUT2D eigenvalue weighted by atomic mass is 10.00. The smallest absolute Gasteiger partial charge is 0.318 e. The minimum atomic E-state index is -0.430. The SMILES string of the molecule is CCNC(=O)N(CC(=O)N1CCc2sccc2C1COc1ccccc1F)C(C)CC. The molecule has 1 aromatic carbocycles. The van der Waals surface area contributed by atoms with E-state index < -0.39 is 5.82 Å². The molecule has 0 spiro atoms. The van der Waals surface area contributed by atoms with Crippen LogP contribution in [0, 0.1) is 5.82 Å². The van der Waals surface area contributed by atoms with Crippen LogP contribution in [0.15, 0.2) is 35.7 Å². The zero-order valence-electron chi connectivity index (χ0n) is 18.3. The van der Waals surface area contributed by atoms with E-state index in [1.54, 1.807) is 39.3 Å². The van der Waals surface area contributed by atoms with Crippen molar-refractivity contribution in [1.29, 1.82) is 0 Å². The maximum atomic E-state index is 14.0. The predicted molar refractivity (Wildman–Crippen MR) is 120 cm³/mol. The van der Waals surface area contributed by atoms with E-state index in [2.05, 4.69) is 5.32 Å². The Hall–Kier alpha value is -2.61. The van der Waals surface area contributed by atoms with Crippen LogP contribution in [0.2, 0.25) is 0 Å². The molecule has 1 N–H and O–H groups in total. The van der Waals surface area contributed by atoms with Crippen LogP contribution in [-0.4, -0.2) is 54.0 Å². The Morgan fingerprint density at radius 1 is 1.32 bits per heavy atom. The molecule has 2 aromatic rings. The van der Waals surface area contributed by atoms with Gasteiger partial charge in [-0.15, -0.1) is 11.3 Å². The zero-order chi connectivity index (χ0) is 22.4. The molecule has 3 amide bonds. The summed E-state index contributed by atoms with van der Waals surface area (Å²) in [6.07, 6.45) is 1.51. The first-order valence-corrected chi connectivity index (χ1v) is 11.6. The molecule has 2 heterocycles. The summed E-state index contributed by atoms with van der Waals surface area (Å²) >= 11 is 1.66. The third kappa shape index (κ3) is 5.36. The van der Waals surface area contributed by atoms with Gasteiger partial charge in [0.15, 0.2) is 11.6 Å². The molecule has 168 valence electrons. The highest BCUT2D eigenvalue weighted by molar-refractivity contribution is 7.10. The van der Waals surface area contributed by atoms with Crippen LogP contribution >= 0.6 is 11.3 Å². The summed E-state index contributed by atoms with van der Waals surface area (Å²) < 4.78 is 19.8. The fourth-order valence-corrected chi connectivity index (χ4v) is 4.67. The summed E-state index contributed by atoms with van der Waals surface area (Å²) in [6.45, 7) is 6.98. The number of para-hydroxylation sites is 1. The number of amides is 3. The number of ether oxygens (including phenoxy) is 1. The first-order chi connectivity index (χ1) is 15.0. The average molecular weight is 448 g/mol. The van der Waals surface area contributed by atoms with Gasteiger partial charge in [0.2, 0.25) is 5.91 Å². The summed E-state index contributed by atoms with van der Waals surface area (Å²) in [5.74, 6) is -0.396.